The maximum Gasteiger partial charge on any atom is 0.249 e. The molecule has 0 unspecified atom stereocenters. The second-order valence-electron chi connectivity index (χ2n) is 5.70. The minimum absolute atomic E-state index is 0.291. The molecule has 0 aliphatic rings. The number of aromatic nitrogens is 3. The van der Waals surface area contributed by atoms with E-state index in [1.807, 2.05) is 0 Å². The number of nitrogens with zero attached hydrogens (tertiary/aromatic N) is 3. The lowest BCUT2D eigenvalue weighted by Crippen LogP contribution is -2.04. The Kier molecular flexibility index (Phi) is 4.37. The predicted molar refractivity (Wildman–Crippen MR) is 93.4 cm³/mol. The van der Waals surface area contributed by atoms with Crippen molar-refractivity contribution in [3.05, 3.63) is 65.1 Å². The zero-order chi connectivity index (χ0) is 17.1. The van der Waals surface area contributed by atoms with Crippen molar-refractivity contribution < 1.29 is 4.39 Å². The van der Waals surface area contributed by atoms with Crippen molar-refractivity contribution in [2.75, 3.05) is 10.6 Å². The van der Waals surface area contributed by atoms with Crippen LogP contribution in [-0.2, 0) is 0 Å². The molecule has 1 heterocycles. The van der Waals surface area contributed by atoms with Crippen molar-refractivity contribution in [3.8, 4) is 0 Å². The van der Waals surface area contributed by atoms with Gasteiger partial charge in [0.2, 0.25) is 5.95 Å². The van der Waals surface area contributed by atoms with Crippen LogP contribution < -0.4 is 10.6 Å². The zero-order valence-corrected chi connectivity index (χ0v) is 13.8. The van der Waals surface area contributed by atoms with Crippen molar-refractivity contribution in [2.24, 2.45) is 0 Å². The zero-order valence-electron chi connectivity index (χ0n) is 13.8. The van der Waals surface area contributed by atoms with E-state index in [0.29, 0.717) is 17.5 Å². The Labute approximate surface area is 140 Å². The number of hydrogen-bond donors (Lipinski definition) is 2. The Bertz CT molecular complexity index is 839. The van der Waals surface area contributed by atoms with Crippen molar-refractivity contribution in [1.29, 1.82) is 0 Å². The number of rotatable bonds is 4. The molecular formula is C18H18FN5. The second-order valence-corrected chi connectivity index (χ2v) is 5.70. The van der Waals surface area contributed by atoms with Gasteiger partial charge in [-0.1, -0.05) is 17.7 Å². The molecule has 0 aliphatic heterocycles. The number of benzene rings is 2. The van der Waals surface area contributed by atoms with E-state index in [-0.39, 0.29) is 5.82 Å². The summed E-state index contributed by atoms with van der Waals surface area (Å²) in [6, 6.07) is 10.2. The van der Waals surface area contributed by atoms with Gasteiger partial charge in [-0.25, -0.2) is 4.39 Å². The largest absolute Gasteiger partial charge is 0.338 e. The van der Waals surface area contributed by atoms with E-state index in [1.165, 1.54) is 17.7 Å². The lowest BCUT2D eigenvalue weighted by Gasteiger charge is -2.13. The fourth-order valence-corrected chi connectivity index (χ4v) is 2.58. The number of aryl methyl sites for hydroxylation is 3. The normalized spacial score (nSPS) is 10.5. The van der Waals surface area contributed by atoms with Gasteiger partial charge in [0.05, 0.1) is 6.20 Å². The first-order valence-electron chi connectivity index (χ1n) is 7.58. The van der Waals surface area contributed by atoms with E-state index in [1.54, 1.807) is 18.3 Å². The summed E-state index contributed by atoms with van der Waals surface area (Å²) < 4.78 is 13.0. The van der Waals surface area contributed by atoms with Crippen LogP contribution in [-0.4, -0.2) is 15.2 Å². The van der Waals surface area contributed by atoms with Gasteiger partial charge < -0.3 is 10.6 Å². The molecule has 0 fully saturated rings. The van der Waals surface area contributed by atoms with Crippen LogP contribution in [0.15, 0.2) is 42.6 Å². The summed E-state index contributed by atoms with van der Waals surface area (Å²) in [5.74, 6) is 0.638. The van der Waals surface area contributed by atoms with Crippen LogP contribution in [0.2, 0.25) is 0 Å². The molecule has 0 amide bonds. The third-order valence-corrected chi connectivity index (χ3v) is 3.59. The maximum absolute atomic E-state index is 13.0. The van der Waals surface area contributed by atoms with E-state index >= 15 is 0 Å². The number of hydrogen-bond acceptors (Lipinski definition) is 5. The average Bonchev–Trinajstić information content (AvgIpc) is 2.53. The van der Waals surface area contributed by atoms with Crippen LogP contribution in [0.25, 0.3) is 0 Å². The van der Waals surface area contributed by atoms with Gasteiger partial charge in [-0.3, -0.25) is 0 Å². The summed E-state index contributed by atoms with van der Waals surface area (Å²) >= 11 is 0. The van der Waals surface area contributed by atoms with Gasteiger partial charge in [0.1, 0.15) is 5.82 Å². The van der Waals surface area contributed by atoms with Crippen LogP contribution in [0.3, 0.4) is 0 Å². The molecule has 0 spiro atoms. The Morgan fingerprint density at radius 1 is 0.917 bits per heavy atom. The Morgan fingerprint density at radius 2 is 1.58 bits per heavy atom. The highest BCUT2D eigenvalue weighted by Crippen LogP contribution is 2.25. The standard InChI is InChI=1S/C18H18FN5/c1-11-8-12(2)17(13(3)9-11)22-16-10-20-24-18(23-16)21-15-6-4-14(19)5-7-15/h4-10H,1-3H3,(H2,21,22,23,24). The van der Waals surface area contributed by atoms with Gasteiger partial charge in [-0.15, -0.1) is 5.10 Å². The SMILES string of the molecule is Cc1cc(C)c(Nc2cnnc(Nc3ccc(F)cc3)n2)c(C)c1. The highest BCUT2D eigenvalue weighted by atomic mass is 19.1. The highest BCUT2D eigenvalue weighted by molar-refractivity contribution is 5.65. The molecule has 2 aromatic carbocycles. The van der Waals surface area contributed by atoms with Gasteiger partial charge in [-0.05, 0) is 56.2 Å². The van der Waals surface area contributed by atoms with Gasteiger partial charge in [0, 0.05) is 11.4 Å². The van der Waals surface area contributed by atoms with Crippen LogP contribution in [0, 0.1) is 26.6 Å². The fourth-order valence-electron chi connectivity index (χ4n) is 2.58. The summed E-state index contributed by atoms with van der Waals surface area (Å²) in [5.41, 5.74) is 5.19. The molecule has 0 bridgehead atoms. The lowest BCUT2D eigenvalue weighted by molar-refractivity contribution is 0.628. The molecular weight excluding hydrogens is 305 g/mol. The first kappa shape index (κ1) is 15.9. The molecule has 0 aliphatic carbocycles. The summed E-state index contributed by atoms with van der Waals surface area (Å²) in [6.45, 7) is 6.17. The summed E-state index contributed by atoms with van der Waals surface area (Å²) in [5, 5.41) is 14.2. The lowest BCUT2D eigenvalue weighted by atomic mass is 10.1. The second kappa shape index (κ2) is 6.62. The van der Waals surface area contributed by atoms with E-state index < -0.39 is 0 Å². The Hall–Kier alpha value is -3.02. The summed E-state index contributed by atoms with van der Waals surface area (Å²) in [4.78, 5) is 4.40. The first-order chi connectivity index (χ1) is 11.5. The van der Waals surface area contributed by atoms with Crippen LogP contribution in [0.4, 0.5) is 27.5 Å². The molecule has 2 N–H and O–H groups in total. The first-order valence-corrected chi connectivity index (χ1v) is 7.58. The van der Waals surface area contributed by atoms with E-state index in [0.717, 1.165) is 16.8 Å². The minimum Gasteiger partial charge on any atom is -0.338 e. The van der Waals surface area contributed by atoms with Crippen molar-refractivity contribution in [3.63, 3.8) is 0 Å². The third kappa shape index (κ3) is 3.65. The smallest absolute Gasteiger partial charge is 0.249 e. The average molecular weight is 323 g/mol. The van der Waals surface area contributed by atoms with Crippen LogP contribution in [0.5, 0.6) is 0 Å². The molecule has 3 rings (SSSR count). The summed E-state index contributed by atoms with van der Waals surface area (Å²) in [7, 11) is 0. The van der Waals surface area contributed by atoms with Gasteiger partial charge in [-0.2, -0.15) is 10.1 Å². The van der Waals surface area contributed by atoms with Crippen LogP contribution >= 0.6 is 0 Å². The molecule has 0 radical (unpaired) electrons. The molecule has 0 saturated carbocycles. The quantitative estimate of drug-likeness (QED) is 0.744. The van der Waals surface area contributed by atoms with Crippen LogP contribution in [0.1, 0.15) is 16.7 Å². The topological polar surface area (TPSA) is 62.7 Å². The molecule has 0 atom stereocenters. The molecule has 3 aromatic rings. The van der Waals surface area contributed by atoms with E-state index in [9.17, 15) is 4.39 Å². The third-order valence-electron chi connectivity index (χ3n) is 3.59. The Morgan fingerprint density at radius 3 is 2.25 bits per heavy atom. The van der Waals surface area contributed by atoms with Gasteiger partial charge in [0.15, 0.2) is 5.82 Å². The number of anilines is 4. The molecule has 6 heteroatoms. The summed E-state index contributed by atoms with van der Waals surface area (Å²) in [6.07, 6.45) is 1.56. The molecule has 0 saturated heterocycles. The van der Waals surface area contributed by atoms with Crippen molar-refractivity contribution in [1.82, 2.24) is 15.2 Å². The predicted octanol–water partition coefficient (Wildman–Crippen LogP) is 4.42. The fraction of sp³-hybridized carbons (Fsp3) is 0.167. The molecule has 24 heavy (non-hydrogen) atoms. The molecule has 122 valence electrons. The van der Waals surface area contributed by atoms with E-state index in [2.05, 4.69) is 58.7 Å². The van der Waals surface area contributed by atoms with Gasteiger partial charge in [0.25, 0.3) is 0 Å². The minimum atomic E-state index is -0.291. The Balaban J connectivity index is 1.82. The highest BCUT2D eigenvalue weighted by Gasteiger charge is 2.07. The molecule has 5 nitrogen and oxygen atoms in total. The van der Waals surface area contributed by atoms with Crippen molar-refractivity contribution >= 4 is 23.1 Å². The number of halogens is 1. The monoisotopic (exact) mass is 323 g/mol. The van der Waals surface area contributed by atoms with Crippen molar-refractivity contribution in [2.45, 2.75) is 20.8 Å². The molecule has 1 aromatic heterocycles. The number of nitrogens with one attached hydrogen (secondary N) is 2. The van der Waals surface area contributed by atoms with Gasteiger partial charge >= 0.3 is 0 Å². The van der Waals surface area contributed by atoms with E-state index in [4.69, 9.17) is 0 Å². The maximum atomic E-state index is 13.0.